The third kappa shape index (κ3) is 5.85. The number of benzene rings is 1. The minimum Gasteiger partial charge on any atom is -0.483 e. The SMILES string of the molecule is C=C(/C=C\C=C(/N)OC)C1(Nc2ccc(-c3cccc(NS(C)(=O)=O)c3)nn2)CCC1. The van der Waals surface area contributed by atoms with Crippen LogP contribution in [0.3, 0.4) is 0 Å². The third-order valence-corrected chi connectivity index (χ3v) is 5.72. The Morgan fingerprint density at radius 1 is 1.26 bits per heavy atom. The van der Waals surface area contributed by atoms with Crippen LogP contribution >= 0.6 is 0 Å². The highest BCUT2D eigenvalue weighted by Crippen LogP contribution is 2.40. The normalized spacial score (nSPS) is 15.9. The van der Waals surface area contributed by atoms with Crippen LogP contribution in [0.1, 0.15) is 19.3 Å². The van der Waals surface area contributed by atoms with Gasteiger partial charge in [0.05, 0.1) is 24.6 Å². The van der Waals surface area contributed by atoms with Crippen LogP contribution in [-0.2, 0) is 14.8 Å². The molecule has 1 aromatic heterocycles. The summed E-state index contributed by atoms with van der Waals surface area (Å²) in [7, 11) is -1.83. The summed E-state index contributed by atoms with van der Waals surface area (Å²) >= 11 is 0. The molecule has 0 bridgehead atoms. The van der Waals surface area contributed by atoms with Crippen LogP contribution in [0.15, 0.2) is 72.7 Å². The van der Waals surface area contributed by atoms with Crippen molar-refractivity contribution in [3.05, 3.63) is 72.7 Å². The lowest BCUT2D eigenvalue weighted by Gasteiger charge is -2.43. The lowest BCUT2D eigenvalue weighted by Crippen LogP contribution is -2.46. The van der Waals surface area contributed by atoms with Crippen molar-refractivity contribution in [1.82, 2.24) is 10.2 Å². The first kappa shape index (κ1) is 22.4. The Bertz CT molecular complexity index is 1100. The number of aromatic nitrogens is 2. The summed E-state index contributed by atoms with van der Waals surface area (Å²) in [4.78, 5) is 0. The first-order chi connectivity index (χ1) is 14.7. The molecule has 0 radical (unpaired) electrons. The molecular weight excluding hydrogens is 414 g/mol. The van der Waals surface area contributed by atoms with Gasteiger partial charge in [-0.05, 0) is 55.2 Å². The number of sulfonamides is 1. The maximum absolute atomic E-state index is 11.5. The molecule has 9 heteroatoms. The van der Waals surface area contributed by atoms with Gasteiger partial charge in [0.2, 0.25) is 10.0 Å². The van der Waals surface area contributed by atoms with E-state index in [1.807, 2.05) is 30.4 Å². The maximum Gasteiger partial charge on any atom is 0.229 e. The molecule has 1 heterocycles. The van der Waals surface area contributed by atoms with Crippen molar-refractivity contribution in [3.8, 4) is 11.3 Å². The third-order valence-electron chi connectivity index (χ3n) is 5.11. The number of hydrogen-bond acceptors (Lipinski definition) is 7. The Labute approximate surface area is 183 Å². The van der Waals surface area contributed by atoms with Crippen LogP contribution in [0.25, 0.3) is 11.3 Å². The molecule has 1 aromatic carbocycles. The van der Waals surface area contributed by atoms with E-state index in [1.54, 1.807) is 24.3 Å². The average Bonchev–Trinajstić information content (AvgIpc) is 2.69. The fraction of sp³-hybridized carbons (Fsp3) is 0.273. The second-order valence-electron chi connectivity index (χ2n) is 7.48. The number of methoxy groups -OCH3 is 1. The van der Waals surface area contributed by atoms with E-state index in [0.29, 0.717) is 23.1 Å². The highest BCUT2D eigenvalue weighted by molar-refractivity contribution is 7.92. The van der Waals surface area contributed by atoms with Gasteiger partial charge in [0, 0.05) is 11.3 Å². The number of allylic oxidation sites excluding steroid dienone is 2. The van der Waals surface area contributed by atoms with E-state index >= 15 is 0 Å². The quantitative estimate of drug-likeness (QED) is 0.403. The molecule has 0 spiro atoms. The smallest absolute Gasteiger partial charge is 0.229 e. The molecule has 8 nitrogen and oxygen atoms in total. The van der Waals surface area contributed by atoms with Gasteiger partial charge in [-0.25, -0.2) is 8.42 Å². The molecule has 164 valence electrons. The molecule has 31 heavy (non-hydrogen) atoms. The monoisotopic (exact) mass is 441 g/mol. The summed E-state index contributed by atoms with van der Waals surface area (Å²) in [6, 6.07) is 10.7. The fourth-order valence-corrected chi connectivity index (χ4v) is 3.85. The maximum atomic E-state index is 11.5. The minimum absolute atomic E-state index is 0.262. The van der Waals surface area contributed by atoms with Gasteiger partial charge in [0.1, 0.15) is 5.82 Å². The van der Waals surface area contributed by atoms with Crippen molar-refractivity contribution < 1.29 is 13.2 Å². The number of nitrogens with one attached hydrogen (secondary N) is 2. The number of anilines is 2. The van der Waals surface area contributed by atoms with Crippen molar-refractivity contribution in [3.63, 3.8) is 0 Å². The van der Waals surface area contributed by atoms with Crippen LogP contribution in [0, 0.1) is 0 Å². The van der Waals surface area contributed by atoms with Gasteiger partial charge in [0.15, 0.2) is 5.88 Å². The zero-order valence-electron chi connectivity index (χ0n) is 17.6. The number of ether oxygens (including phenoxy) is 1. The largest absolute Gasteiger partial charge is 0.483 e. The standard InChI is InChI=1S/C22H27N5O3S/c1-16(7-4-10-20(23)30-2)22(13-6-14-22)24-21-12-11-19(25-26-21)17-8-5-9-18(15-17)27-31(3,28)29/h4-5,7-12,15,27H,1,6,13-14,23H2,2-3H3,(H,24,26)/b7-4-,20-10+. The molecule has 0 atom stereocenters. The van der Waals surface area contributed by atoms with E-state index in [4.69, 9.17) is 10.5 Å². The van der Waals surface area contributed by atoms with Crippen LogP contribution in [0.4, 0.5) is 11.5 Å². The van der Waals surface area contributed by atoms with Gasteiger partial charge in [-0.2, -0.15) is 0 Å². The zero-order valence-corrected chi connectivity index (χ0v) is 18.4. The Morgan fingerprint density at radius 3 is 2.61 bits per heavy atom. The number of nitrogens with zero attached hydrogens (tertiary/aromatic N) is 2. The molecule has 0 aliphatic heterocycles. The summed E-state index contributed by atoms with van der Waals surface area (Å²) in [6.45, 7) is 4.21. The molecule has 2 aromatic rings. The van der Waals surface area contributed by atoms with Crippen LogP contribution in [0.5, 0.6) is 0 Å². The molecule has 0 saturated heterocycles. The van der Waals surface area contributed by atoms with Gasteiger partial charge >= 0.3 is 0 Å². The molecule has 0 unspecified atom stereocenters. The topological polar surface area (TPSA) is 119 Å². The average molecular weight is 442 g/mol. The van der Waals surface area contributed by atoms with Crippen molar-refractivity contribution >= 4 is 21.5 Å². The molecule has 3 rings (SSSR count). The van der Waals surface area contributed by atoms with Gasteiger partial charge in [-0.1, -0.05) is 30.9 Å². The van der Waals surface area contributed by atoms with E-state index < -0.39 is 10.0 Å². The Morgan fingerprint density at radius 2 is 2.03 bits per heavy atom. The van der Waals surface area contributed by atoms with E-state index in [2.05, 4.69) is 26.8 Å². The summed E-state index contributed by atoms with van der Waals surface area (Å²) in [5.74, 6) is 0.979. The summed E-state index contributed by atoms with van der Waals surface area (Å²) < 4.78 is 30.3. The first-order valence-electron chi connectivity index (χ1n) is 9.78. The van der Waals surface area contributed by atoms with Crippen molar-refractivity contribution in [1.29, 1.82) is 0 Å². The molecule has 1 aliphatic rings. The summed E-state index contributed by atoms with van der Waals surface area (Å²) in [5, 5.41) is 12.1. The predicted molar refractivity (Wildman–Crippen MR) is 124 cm³/mol. The van der Waals surface area contributed by atoms with Gasteiger partial charge in [-0.15, -0.1) is 10.2 Å². The van der Waals surface area contributed by atoms with Gasteiger partial charge in [0.25, 0.3) is 0 Å². The van der Waals surface area contributed by atoms with E-state index in [1.165, 1.54) is 7.11 Å². The summed E-state index contributed by atoms with van der Waals surface area (Å²) in [6.07, 6.45) is 9.52. The number of rotatable bonds is 9. The Balaban J connectivity index is 1.73. The van der Waals surface area contributed by atoms with E-state index in [0.717, 1.165) is 36.7 Å². The van der Waals surface area contributed by atoms with Crippen LogP contribution < -0.4 is 15.8 Å². The number of nitrogens with two attached hydrogens (primary N) is 1. The van der Waals surface area contributed by atoms with Crippen LogP contribution in [0.2, 0.25) is 0 Å². The van der Waals surface area contributed by atoms with Gasteiger partial charge in [-0.3, -0.25) is 4.72 Å². The molecule has 4 N–H and O–H groups in total. The van der Waals surface area contributed by atoms with Crippen molar-refractivity contribution in [2.24, 2.45) is 5.73 Å². The molecule has 0 amide bonds. The first-order valence-corrected chi connectivity index (χ1v) is 11.7. The second-order valence-corrected chi connectivity index (χ2v) is 9.23. The zero-order chi connectivity index (χ0) is 22.5. The lowest BCUT2D eigenvalue weighted by molar-refractivity contribution is 0.287. The van der Waals surface area contributed by atoms with Crippen molar-refractivity contribution in [2.45, 2.75) is 24.8 Å². The van der Waals surface area contributed by atoms with E-state index in [-0.39, 0.29) is 5.54 Å². The molecule has 1 saturated carbocycles. The van der Waals surface area contributed by atoms with Crippen LogP contribution in [-0.4, -0.2) is 37.5 Å². The minimum atomic E-state index is -3.35. The molecule has 1 aliphatic carbocycles. The lowest BCUT2D eigenvalue weighted by atomic mass is 9.71. The highest BCUT2D eigenvalue weighted by Gasteiger charge is 2.38. The number of hydrogen-bond donors (Lipinski definition) is 3. The predicted octanol–water partition coefficient (Wildman–Crippen LogP) is 3.41. The van der Waals surface area contributed by atoms with E-state index in [9.17, 15) is 8.42 Å². The second kappa shape index (κ2) is 9.22. The Kier molecular flexibility index (Phi) is 6.65. The Hall–Kier alpha value is -3.33. The molecule has 1 fully saturated rings. The molecular formula is C22H27N5O3S. The van der Waals surface area contributed by atoms with Crippen molar-refractivity contribution in [2.75, 3.05) is 23.4 Å². The van der Waals surface area contributed by atoms with Gasteiger partial charge < -0.3 is 15.8 Å². The highest BCUT2D eigenvalue weighted by atomic mass is 32.2. The fourth-order valence-electron chi connectivity index (χ4n) is 3.30. The summed E-state index contributed by atoms with van der Waals surface area (Å²) in [5.41, 5.74) is 8.19.